The molecule has 1 aromatic heterocycles. The van der Waals surface area contributed by atoms with Gasteiger partial charge in [0, 0.05) is 19.4 Å². The van der Waals surface area contributed by atoms with Gasteiger partial charge in [-0.25, -0.2) is 4.98 Å². The van der Waals surface area contributed by atoms with Crippen LogP contribution >= 0.6 is 36.4 Å². The monoisotopic (exact) mass is 453 g/mol. The molecule has 0 bridgehead atoms. The van der Waals surface area contributed by atoms with E-state index in [1.54, 1.807) is 0 Å². The first kappa shape index (κ1) is 26.0. The predicted octanol–water partition coefficient (Wildman–Crippen LogP) is 2.85. The Bertz CT molecular complexity index is 603. The lowest BCUT2D eigenvalue weighted by Gasteiger charge is -2.26. The number of carbonyl (C=O) groups is 1. The average Bonchev–Trinajstić information content (AvgIpc) is 2.58. The number of nitrogens with two attached hydrogens (primary N) is 1. The van der Waals surface area contributed by atoms with Crippen molar-refractivity contribution >= 4 is 42.3 Å². The average molecular weight is 455 g/mol. The van der Waals surface area contributed by atoms with Crippen molar-refractivity contribution in [3.63, 3.8) is 0 Å². The van der Waals surface area contributed by atoms with E-state index in [-0.39, 0.29) is 60.7 Å². The molecule has 1 aliphatic heterocycles. The van der Waals surface area contributed by atoms with Gasteiger partial charge in [0.15, 0.2) is 0 Å². The Hall–Kier alpha value is -1.00. The van der Waals surface area contributed by atoms with Crippen LogP contribution in [-0.2, 0) is 15.7 Å². The summed E-state index contributed by atoms with van der Waals surface area (Å²) in [5.74, 6) is -0.361. The van der Waals surface area contributed by atoms with Gasteiger partial charge < -0.3 is 20.5 Å². The highest BCUT2D eigenvalue weighted by Crippen LogP contribution is 2.33. The first-order valence-corrected chi connectivity index (χ1v) is 8.13. The topological polar surface area (TPSA) is 86.5 Å². The zero-order valence-electron chi connectivity index (χ0n) is 14.1. The van der Waals surface area contributed by atoms with Crippen molar-refractivity contribution in [2.75, 3.05) is 26.4 Å². The SMILES string of the molecule is Cl.Cl.NC(C(=O)NCCOc1ncc(C(F)(F)F)cc1Cl)C1CCOCC1. The number of hydrogen-bond donors (Lipinski definition) is 2. The molecule has 0 aliphatic carbocycles. The number of rotatable bonds is 6. The minimum atomic E-state index is -4.52. The molecule has 2 rings (SSSR count). The second kappa shape index (κ2) is 11.8. The molecule has 6 nitrogen and oxygen atoms in total. The number of aromatic nitrogens is 1. The number of hydrogen-bond acceptors (Lipinski definition) is 5. The molecule has 1 atom stereocenters. The molecular formula is C15H21Cl3F3N3O3. The van der Waals surface area contributed by atoms with Gasteiger partial charge in [0.1, 0.15) is 11.6 Å². The minimum Gasteiger partial charge on any atom is -0.475 e. The first-order valence-electron chi connectivity index (χ1n) is 7.75. The smallest absolute Gasteiger partial charge is 0.417 e. The third-order valence-corrected chi connectivity index (χ3v) is 4.12. The normalized spacial score (nSPS) is 15.9. The second-order valence-electron chi connectivity index (χ2n) is 5.62. The summed E-state index contributed by atoms with van der Waals surface area (Å²) in [5.41, 5.74) is 4.96. The summed E-state index contributed by atoms with van der Waals surface area (Å²) in [4.78, 5) is 15.5. The lowest BCUT2D eigenvalue weighted by Crippen LogP contribution is -2.47. The van der Waals surface area contributed by atoms with Gasteiger partial charge in [0.2, 0.25) is 11.8 Å². The molecule has 0 spiro atoms. The van der Waals surface area contributed by atoms with Crippen molar-refractivity contribution in [3.8, 4) is 5.88 Å². The Morgan fingerprint density at radius 2 is 2.04 bits per heavy atom. The lowest BCUT2D eigenvalue weighted by molar-refractivity contribution is -0.137. The van der Waals surface area contributed by atoms with Crippen molar-refractivity contribution < 1.29 is 27.4 Å². The van der Waals surface area contributed by atoms with Crippen LogP contribution in [0.15, 0.2) is 12.3 Å². The fourth-order valence-electron chi connectivity index (χ4n) is 2.42. The number of nitrogens with zero attached hydrogens (tertiary/aromatic N) is 1. The Kier molecular flexibility index (Phi) is 11.3. The molecule has 1 aliphatic rings. The summed E-state index contributed by atoms with van der Waals surface area (Å²) >= 11 is 5.72. The van der Waals surface area contributed by atoms with Gasteiger partial charge in [-0.1, -0.05) is 11.6 Å². The van der Waals surface area contributed by atoms with E-state index in [4.69, 9.17) is 26.8 Å². The van der Waals surface area contributed by atoms with Gasteiger partial charge >= 0.3 is 6.18 Å². The largest absolute Gasteiger partial charge is 0.475 e. The fraction of sp³-hybridized carbons (Fsp3) is 0.600. The van der Waals surface area contributed by atoms with E-state index in [0.29, 0.717) is 19.4 Å². The predicted molar refractivity (Wildman–Crippen MR) is 98.8 cm³/mol. The van der Waals surface area contributed by atoms with Gasteiger partial charge in [0.05, 0.1) is 18.2 Å². The Morgan fingerprint density at radius 3 is 2.59 bits per heavy atom. The first-order chi connectivity index (χ1) is 11.8. The minimum absolute atomic E-state index is 0. The van der Waals surface area contributed by atoms with Gasteiger partial charge in [-0.05, 0) is 24.8 Å². The number of nitrogens with one attached hydrogen (secondary N) is 1. The molecule has 0 aromatic carbocycles. The highest BCUT2D eigenvalue weighted by molar-refractivity contribution is 6.31. The van der Waals surface area contributed by atoms with Crippen LogP contribution in [0.1, 0.15) is 18.4 Å². The maximum absolute atomic E-state index is 12.5. The molecule has 3 N–H and O–H groups in total. The molecule has 27 heavy (non-hydrogen) atoms. The summed E-state index contributed by atoms with van der Waals surface area (Å²) in [7, 11) is 0. The van der Waals surface area contributed by atoms with Crippen LogP contribution in [0.5, 0.6) is 5.88 Å². The van der Waals surface area contributed by atoms with E-state index in [0.717, 1.165) is 18.9 Å². The maximum atomic E-state index is 12.5. The van der Waals surface area contributed by atoms with Crippen LogP contribution in [0.3, 0.4) is 0 Å². The van der Waals surface area contributed by atoms with Gasteiger partial charge in [-0.2, -0.15) is 13.2 Å². The molecule has 156 valence electrons. The van der Waals surface area contributed by atoms with Crippen molar-refractivity contribution in [3.05, 3.63) is 22.8 Å². The lowest BCUT2D eigenvalue weighted by atomic mass is 9.92. The highest BCUT2D eigenvalue weighted by Gasteiger charge is 2.31. The molecule has 2 heterocycles. The van der Waals surface area contributed by atoms with Crippen molar-refractivity contribution in [1.82, 2.24) is 10.3 Å². The molecule has 12 heteroatoms. The Labute approximate surface area is 172 Å². The Balaban J connectivity index is 0.00000338. The van der Waals surface area contributed by atoms with E-state index >= 15 is 0 Å². The van der Waals surface area contributed by atoms with E-state index in [1.165, 1.54) is 0 Å². The summed E-state index contributed by atoms with van der Waals surface area (Å²) in [6.45, 7) is 1.32. The quantitative estimate of drug-likeness (QED) is 0.646. The molecule has 0 saturated carbocycles. The number of amides is 1. The van der Waals surface area contributed by atoms with Crippen LogP contribution in [0, 0.1) is 5.92 Å². The standard InChI is InChI=1S/C15H19ClF3N3O3.2ClH/c16-11-7-10(15(17,18)19)8-22-14(11)25-6-3-21-13(23)12(20)9-1-4-24-5-2-9;;/h7-9,12H,1-6,20H2,(H,21,23);2*1H. The summed E-state index contributed by atoms with van der Waals surface area (Å²) in [5, 5.41) is 2.37. The molecule has 1 unspecified atom stereocenters. The number of pyridine rings is 1. The summed E-state index contributed by atoms with van der Waals surface area (Å²) in [6, 6.07) is 0.112. The fourth-order valence-corrected chi connectivity index (χ4v) is 2.64. The van der Waals surface area contributed by atoms with Crippen LogP contribution in [0.2, 0.25) is 5.02 Å². The van der Waals surface area contributed by atoms with Crippen molar-refractivity contribution in [2.24, 2.45) is 11.7 Å². The zero-order chi connectivity index (χ0) is 18.4. The van der Waals surface area contributed by atoms with Crippen LogP contribution in [0.25, 0.3) is 0 Å². The van der Waals surface area contributed by atoms with Crippen molar-refractivity contribution in [2.45, 2.75) is 25.1 Å². The number of halogens is 6. The number of alkyl halides is 3. The maximum Gasteiger partial charge on any atom is 0.417 e. The van der Waals surface area contributed by atoms with Crippen LogP contribution < -0.4 is 15.8 Å². The summed E-state index contributed by atoms with van der Waals surface area (Å²) < 4.78 is 48.0. The molecule has 1 aromatic rings. The van der Waals surface area contributed by atoms with E-state index in [1.807, 2.05) is 0 Å². The van der Waals surface area contributed by atoms with Gasteiger partial charge in [-0.15, -0.1) is 24.8 Å². The van der Waals surface area contributed by atoms with E-state index < -0.39 is 17.8 Å². The van der Waals surface area contributed by atoms with E-state index in [2.05, 4.69) is 10.3 Å². The van der Waals surface area contributed by atoms with E-state index in [9.17, 15) is 18.0 Å². The third kappa shape index (κ3) is 7.87. The molecule has 1 amide bonds. The zero-order valence-corrected chi connectivity index (χ0v) is 16.5. The second-order valence-corrected chi connectivity index (χ2v) is 6.03. The van der Waals surface area contributed by atoms with Crippen LogP contribution in [-0.4, -0.2) is 43.3 Å². The number of ether oxygens (including phenoxy) is 2. The highest BCUT2D eigenvalue weighted by atomic mass is 35.5. The Morgan fingerprint density at radius 1 is 1.41 bits per heavy atom. The summed E-state index contributed by atoms with van der Waals surface area (Å²) in [6.07, 6.45) is -2.42. The molecule has 1 fully saturated rings. The molecular weight excluding hydrogens is 434 g/mol. The molecule has 1 saturated heterocycles. The molecule has 0 radical (unpaired) electrons. The van der Waals surface area contributed by atoms with Crippen LogP contribution in [0.4, 0.5) is 13.2 Å². The van der Waals surface area contributed by atoms with Gasteiger partial charge in [0.25, 0.3) is 0 Å². The van der Waals surface area contributed by atoms with Crippen molar-refractivity contribution in [1.29, 1.82) is 0 Å². The number of carbonyl (C=O) groups excluding carboxylic acids is 1. The van der Waals surface area contributed by atoms with Gasteiger partial charge in [-0.3, -0.25) is 4.79 Å². The third-order valence-electron chi connectivity index (χ3n) is 3.85.